The van der Waals surface area contributed by atoms with Crippen LogP contribution in [0.5, 0.6) is 0 Å². The predicted molar refractivity (Wildman–Crippen MR) is 82.5 cm³/mol. The summed E-state index contributed by atoms with van der Waals surface area (Å²) in [5, 5.41) is 26.0. The predicted octanol–water partition coefficient (Wildman–Crippen LogP) is 0.986. The molecule has 6 nitrogen and oxygen atoms in total. The Morgan fingerprint density at radius 2 is 1.48 bits per heavy atom. The number of rotatable bonds is 9. The molecule has 0 aromatic heterocycles. The summed E-state index contributed by atoms with van der Waals surface area (Å²) in [7, 11) is 0. The second-order valence-electron chi connectivity index (χ2n) is 4.66. The number of aliphatic hydroxyl groups excluding tert-OH is 3. The van der Waals surface area contributed by atoms with Crippen LogP contribution in [0.4, 0.5) is 4.79 Å². The first-order valence-electron chi connectivity index (χ1n) is 6.50. The van der Waals surface area contributed by atoms with Crippen molar-refractivity contribution in [2.75, 3.05) is 26.4 Å². The minimum absolute atomic E-state index is 0.0961. The molecule has 5 N–H and O–H groups in total. The highest BCUT2D eigenvalue weighted by molar-refractivity contribution is 5.64. The summed E-state index contributed by atoms with van der Waals surface area (Å²) in [6, 6.07) is 0. The van der Waals surface area contributed by atoms with Crippen LogP contribution in [0.15, 0.2) is 38.0 Å². The van der Waals surface area contributed by atoms with Crippen molar-refractivity contribution < 1.29 is 24.9 Å². The summed E-state index contributed by atoms with van der Waals surface area (Å²) in [5.41, 5.74) is 3.56. The van der Waals surface area contributed by atoms with Gasteiger partial charge in [-0.1, -0.05) is 25.2 Å². The van der Waals surface area contributed by atoms with Crippen molar-refractivity contribution in [2.24, 2.45) is 16.6 Å². The molecular weight excluding hydrogens is 274 g/mol. The molecule has 1 amide bonds. The smallest absolute Gasteiger partial charge is 0.404 e. The molecule has 6 heteroatoms. The van der Waals surface area contributed by atoms with Crippen LogP contribution in [0.1, 0.15) is 13.3 Å². The summed E-state index contributed by atoms with van der Waals surface area (Å²) in [4.78, 5) is 10.3. The number of hydrogen-bond acceptors (Lipinski definition) is 5. The number of ether oxygens (including phenoxy) is 1. The lowest BCUT2D eigenvalue weighted by Crippen LogP contribution is -2.32. The Morgan fingerprint density at radius 1 is 1.10 bits per heavy atom. The van der Waals surface area contributed by atoms with Crippen molar-refractivity contribution in [3.8, 4) is 0 Å². The maximum Gasteiger partial charge on any atom is 0.404 e. The Hall–Kier alpha value is -1.63. The number of carbonyl (C=O) groups excluding carboxylic acids is 1. The molecule has 122 valence electrons. The first kappa shape index (κ1) is 21.7. The minimum atomic E-state index is -0.815. The lowest BCUT2D eigenvalue weighted by atomic mass is 9.88. The van der Waals surface area contributed by atoms with Crippen LogP contribution < -0.4 is 5.73 Å². The van der Waals surface area contributed by atoms with Crippen LogP contribution in [0.2, 0.25) is 0 Å². The van der Waals surface area contributed by atoms with Crippen LogP contribution in [0.3, 0.4) is 0 Å². The van der Waals surface area contributed by atoms with Gasteiger partial charge in [0.05, 0.1) is 25.2 Å². The van der Waals surface area contributed by atoms with E-state index in [2.05, 4.69) is 24.5 Å². The van der Waals surface area contributed by atoms with E-state index in [0.29, 0.717) is 6.42 Å². The first-order chi connectivity index (χ1) is 9.84. The number of aliphatic hydroxyl groups is 3. The molecule has 0 saturated carbocycles. The van der Waals surface area contributed by atoms with Gasteiger partial charge in [-0.3, -0.25) is 0 Å². The third-order valence-corrected chi connectivity index (χ3v) is 3.36. The van der Waals surface area contributed by atoms with Crippen LogP contribution in [-0.4, -0.2) is 47.8 Å². The summed E-state index contributed by atoms with van der Waals surface area (Å²) in [6.45, 7) is 12.2. The highest BCUT2D eigenvalue weighted by atomic mass is 16.5. The Morgan fingerprint density at radius 3 is 1.62 bits per heavy atom. The van der Waals surface area contributed by atoms with E-state index in [1.165, 1.54) is 0 Å². The second-order valence-corrected chi connectivity index (χ2v) is 4.66. The van der Waals surface area contributed by atoms with Gasteiger partial charge in [0.25, 0.3) is 0 Å². The lowest BCUT2D eigenvalue weighted by molar-refractivity contribution is 0.00304. The average molecular weight is 301 g/mol. The molecule has 0 spiro atoms. The Labute approximate surface area is 126 Å². The van der Waals surface area contributed by atoms with Gasteiger partial charge in [0.2, 0.25) is 0 Å². The van der Waals surface area contributed by atoms with Crippen LogP contribution >= 0.6 is 0 Å². The van der Waals surface area contributed by atoms with Gasteiger partial charge in [-0.15, -0.1) is 19.7 Å². The maximum absolute atomic E-state index is 10.3. The molecule has 0 aliphatic carbocycles. The molecule has 0 atom stereocenters. The zero-order valence-electron chi connectivity index (χ0n) is 12.6. The van der Waals surface area contributed by atoms with Crippen LogP contribution in [0.25, 0.3) is 0 Å². The molecule has 0 aliphatic rings. The molecular formula is C15H27NO5. The third-order valence-electron chi connectivity index (χ3n) is 3.36. The Balaban J connectivity index is 0. The first-order valence-corrected chi connectivity index (χ1v) is 6.50. The maximum atomic E-state index is 10.3. The van der Waals surface area contributed by atoms with E-state index < -0.39 is 16.9 Å². The van der Waals surface area contributed by atoms with Gasteiger partial charge in [-0.05, 0) is 6.42 Å². The Kier molecular flexibility index (Phi) is 11.4. The number of primary amides is 1. The fourth-order valence-corrected chi connectivity index (χ4v) is 1.11. The zero-order valence-corrected chi connectivity index (χ0v) is 12.6. The van der Waals surface area contributed by atoms with E-state index in [9.17, 15) is 4.79 Å². The fraction of sp³-hybridized carbons (Fsp3) is 0.533. The van der Waals surface area contributed by atoms with Crippen LogP contribution in [-0.2, 0) is 4.74 Å². The normalized spacial score (nSPS) is 10.9. The van der Waals surface area contributed by atoms with Gasteiger partial charge < -0.3 is 25.8 Å². The molecule has 0 aromatic carbocycles. The number of nitrogens with two attached hydrogens (primary N) is 1. The zero-order chi connectivity index (χ0) is 16.9. The topological polar surface area (TPSA) is 113 Å². The average Bonchev–Trinajstić information content (AvgIpc) is 2.52. The lowest BCUT2D eigenvalue weighted by Gasteiger charge is -2.24. The highest BCUT2D eigenvalue weighted by Gasteiger charge is 2.24. The van der Waals surface area contributed by atoms with Crippen molar-refractivity contribution in [3.05, 3.63) is 38.0 Å². The number of amides is 1. The van der Waals surface area contributed by atoms with E-state index in [-0.39, 0.29) is 26.4 Å². The monoisotopic (exact) mass is 301 g/mol. The van der Waals surface area contributed by atoms with E-state index >= 15 is 0 Å². The van der Waals surface area contributed by atoms with Crippen molar-refractivity contribution in [1.29, 1.82) is 0 Å². The standard InChI is InChI=1S/C9H13NO2.C6H14O3/c1-4-9(5-2,6-3)7-12-8(10)11;1-2-6(3-7,4-8)5-9/h4-6H,1-3,7H2,(H2,10,11);7-9H,2-5H2,1H3. The largest absolute Gasteiger partial charge is 0.448 e. The number of hydrogen-bond donors (Lipinski definition) is 4. The molecule has 0 heterocycles. The van der Waals surface area contributed by atoms with Gasteiger partial charge in [-0.25, -0.2) is 4.79 Å². The molecule has 0 saturated heterocycles. The Bertz CT molecular complexity index is 298. The van der Waals surface area contributed by atoms with Gasteiger partial charge >= 0.3 is 6.09 Å². The highest BCUT2D eigenvalue weighted by Crippen LogP contribution is 2.21. The molecule has 0 aliphatic heterocycles. The second kappa shape index (κ2) is 11.1. The third kappa shape index (κ3) is 7.65. The molecule has 0 radical (unpaired) electrons. The minimum Gasteiger partial charge on any atom is -0.448 e. The summed E-state index contributed by atoms with van der Waals surface area (Å²) in [6.07, 6.45) is 4.56. The quantitative estimate of drug-likeness (QED) is 0.474. The van der Waals surface area contributed by atoms with Crippen molar-refractivity contribution in [3.63, 3.8) is 0 Å². The van der Waals surface area contributed by atoms with Gasteiger partial charge in [-0.2, -0.15) is 0 Å². The molecule has 21 heavy (non-hydrogen) atoms. The van der Waals surface area contributed by atoms with Crippen molar-refractivity contribution in [2.45, 2.75) is 13.3 Å². The molecule has 0 fully saturated rings. The summed E-state index contributed by atoms with van der Waals surface area (Å²) < 4.78 is 4.61. The molecule has 0 aromatic rings. The van der Waals surface area contributed by atoms with Crippen molar-refractivity contribution >= 4 is 6.09 Å². The van der Waals surface area contributed by atoms with Gasteiger partial charge in [0.1, 0.15) is 6.61 Å². The SMILES string of the molecule is C=CC(C=C)(C=C)COC(N)=O.CCC(CO)(CO)CO. The van der Waals surface area contributed by atoms with Gasteiger partial charge in [0, 0.05) is 5.41 Å². The van der Waals surface area contributed by atoms with E-state index in [4.69, 9.17) is 21.1 Å². The summed E-state index contributed by atoms with van der Waals surface area (Å²) in [5.74, 6) is 0. The van der Waals surface area contributed by atoms with Gasteiger partial charge in [0.15, 0.2) is 0 Å². The molecule has 0 bridgehead atoms. The van der Waals surface area contributed by atoms with E-state index in [1.807, 2.05) is 6.92 Å². The fourth-order valence-electron chi connectivity index (χ4n) is 1.11. The summed E-state index contributed by atoms with van der Waals surface area (Å²) >= 11 is 0. The van der Waals surface area contributed by atoms with E-state index in [1.54, 1.807) is 18.2 Å². The molecule has 0 rings (SSSR count). The van der Waals surface area contributed by atoms with E-state index in [0.717, 1.165) is 0 Å². The number of carbonyl (C=O) groups is 1. The molecule has 0 unspecified atom stereocenters. The van der Waals surface area contributed by atoms with Crippen molar-refractivity contribution in [1.82, 2.24) is 0 Å². The van der Waals surface area contributed by atoms with Crippen LogP contribution in [0, 0.1) is 10.8 Å².